The molecule has 2 aromatic heterocycles. The lowest BCUT2D eigenvalue weighted by molar-refractivity contribution is -0.482. The third-order valence-corrected chi connectivity index (χ3v) is 4.08. The maximum Gasteiger partial charge on any atom is 0.219 e. The number of pyridine rings is 2. The smallest absolute Gasteiger partial charge is 0.160 e. The number of hydrogen-bond donors (Lipinski definition) is 0. The van der Waals surface area contributed by atoms with Gasteiger partial charge < -0.3 is 0 Å². The Morgan fingerprint density at radius 1 is 0.800 bits per heavy atom. The summed E-state index contributed by atoms with van der Waals surface area (Å²) in [4.78, 5) is 0. The minimum atomic E-state index is 1.06. The van der Waals surface area contributed by atoms with Crippen molar-refractivity contribution in [3.63, 3.8) is 0 Å². The lowest BCUT2D eigenvalue weighted by Crippen LogP contribution is -2.23. The quantitative estimate of drug-likeness (QED) is 0.354. The van der Waals surface area contributed by atoms with E-state index in [1.54, 1.807) is 0 Å². The van der Waals surface area contributed by atoms with Crippen molar-refractivity contribution in [2.24, 2.45) is 0 Å². The number of rotatable bonds is 1. The van der Waals surface area contributed by atoms with Crippen molar-refractivity contribution in [3.8, 4) is 0 Å². The number of aromatic nitrogens is 1. The summed E-state index contributed by atoms with van der Waals surface area (Å²) in [7, 11) is 0. The van der Waals surface area contributed by atoms with Crippen LogP contribution < -0.4 is 4.40 Å². The second-order valence-electron chi connectivity index (χ2n) is 5.24. The fourth-order valence-corrected chi connectivity index (χ4v) is 2.95. The second kappa shape index (κ2) is 4.31. The summed E-state index contributed by atoms with van der Waals surface area (Å²) in [6.07, 6.45) is 3.32. The van der Waals surface area contributed by atoms with Gasteiger partial charge in [-0.2, -0.15) is 4.40 Å². The second-order valence-corrected chi connectivity index (χ2v) is 5.24. The highest BCUT2D eigenvalue weighted by Crippen LogP contribution is 2.23. The number of hydrogen-bond acceptors (Lipinski definition) is 0. The van der Waals surface area contributed by atoms with Gasteiger partial charge in [0.15, 0.2) is 6.20 Å². The Bertz CT molecular complexity index is 938. The topological polar surface area (TPSA) is 4.10 Å². The van der Waals surface area contributed by atoms with Crippen LogP contribution in [0.15, 0.2) is 66.9 Å². The molecule has 2 heterocycles. The first-order valence-corrected chi connectivity index (χ1v) is 7.11. The van der Waals surface area contributed by atoms with Crippen molar-refractivity contribution in [2.45, 2.75) is 13.3 Å². The van der Waals surface area contributed by atoms with Crippen LogP contribution in [0.4, 0.5) is 0 Å². The predicted molar refractivity (Wildman–Crippen MR) is 84.0 cm³/mol. The number of aryl methyl sites for hydroxylation is 1. The van der Waals surface area contributed by atoms with Crippen LogP contribution in [-0.4, -0.2) is 0 Å². The van der Waals surface area contributed by atoms with Crippen LogP contribution in [0.5, 0.6) is 0 Å². The lowest BCUT2D eigenvalue weighted by atomic mass is 10.0. The van der Waals surface area contributed by atoms with Gasteiger partial charge in [-0.3, -0.25) is 0 Å². The van der Waals surface area contributed by atoms with Crippen LogP contribution in [0.3, 0.4) is 0 Å². The molecule has 0 amide bonds. The van der Waals surface area contributed by atoms with Gasteiger partial charge in [0.2, 0.25) is 11.0 Å². The molecular formula is C19H16N+. The SMILES string of the molecule is CCc1ccc2ccc3c4ccccc4ccc3[n+]2c1. The molecule has 0 spiro atoms. The highest BCUT2D eigenvalue weighted by atomic mass is 14.9. The highest BCUT2D eigenvalue weighted by molar-refractivity contribution is 6.05. The summed E-state index contributed by atoms with van der Waals surface area (Å²) in [5.74, 6) is 0. The minimum absolute atomic E-state index is 1.06. The molecule has 0 fully saturated rings. The molecule has 1 nitrogen and oxygen atoms in total. The third-order valence-electron chi connectivity index (χ3n) is 4.08. The molecule has 0 unspecified atom stereocenters. The molecule has 0 aliphatic heterocycles. The number of benzene rings is 2. The van der Waals surface area contributed by atoms with E-state index in [0.29, 0.717) is 0 Å². The molecule has 1 heteroatoms. The minimum Gasteiger partial charge on any atom is -0.160 e. The fourth-order valence-electron chi connectivity index (χ4n) is 2.95. The van der Waals surface area contributed by atoms with Gasteiger partial charge in [0, 0.05) is 23.8 Å². The summed E-state index contributed by atoms with van der Waals surface area (Å²) in [5, 5.41) is 3.93. The van der Waals surface area contributed by atoms with Gasteiger partial charge in [-0.15, -0.1) is 0 Å². The summed E-state index contributed by atoms with van der Waals surface area (Å²) >= 11 is 0. The van der Waals surface area contributed by atoms with Crippen molar-refractivity contribution >= 4 is 27.2 Å². The average molecular weight is 258 g/mol. The zero-order chi connectivity index (χ0) is 13.5. The van der Waals surface area contributed by atoms with Gasteiger partial charge in [0.1, 0.15) is 0 Å². The molecule has 20 heavy (non-hydrogen) atoms. The Hall–Kier alpha value is -2.41. The Morgan fingerprint density at radius 3 is 2.55 bits per heavy atom. The summed E-state index contributed by atoms with van der Waals surface area (Å²) in [6.45, 7) is 2.20. The van der Waals surface area contributed by atoms with Gasteiger partial charge in [-0.1, -0.05) is 31.2 Å². The standard InChI is InChI=1S/C19H16N/c1-2-14-7-9-16-10-11-18-17-6-4-3-5-15(17)8-12-19(18)20(16)13-14/h3-13H,2H2,1H3/q+1. The normalized spacial score (nSPS) is 11.4. The first-order chi connectivity index (χ1) is 9.86. The first-order valence-electron chi connectivity index (χ1n) is 7.11. The van der Waals surface area contributed by atoms with E-state index in [-0.39, 0.29) is 0 Å². The fraction of sp³-hybridized carbons (Fsp3) is 0.105. The van der Waals surface area contributed by atoms with Crippen LogP contribution in [0.2, 0.25) is 0 Å². The Labute approximate surface area is 118 Å². The number of fused-ring (bicyclic) bond motifs is 5. The van der Waals surface area contributed by atoms with Crippen LogP contribution in [0, 0.1) is 0 Å². The van der Waals surface area contributed by atoms with E-state index >= 15 is 0 Å². The van der Waals surface area contributed by atoms with E-state index in [9.17, 15) is 0 Å². The lowest BCUT2D eigenvalue weighted by Gasteiger charge is -2.03. The zero-order valence-corrected chi connectivity index (χ0v) is 11.5. The zero-order valence-electron chi connectivity index (χ0n) is 11.5. The molecule has 0 saturated heterocycles. The summed E-state index contributed by atoms with van der Waals surface area (Å²) in [6, 6.07) is 21.9. The predicted octanol–water partition coefficient (Wildman–Crippen LogP) is 4.29. The van der Waals surface area contributed by atoms with E-state index < -0.39 is 0 Å². The Morgan fingerprint density at radius 2 is 1.65 bits per heavy atom. The van der Waals surface area contributed by atoms with Crippen molar-refractivity contribution < 1.29 is 4.40 Å². The van der Waals surface area contributed by atoms with Gasteiger partial charge in [0.05, 0.1) is 5.39 Å². The van der Waals surface area contributed by atoms with Crippen LogP contribution in [-0.2, 0) is 6.42 Å². The van der Waals surface area contributed by atoms with Crippen LogP contribution in [0.1, 0.15) is 12.5 Å². The maximum atomic E-state index is 2.31. The monoisotopic (exact) mass is 258 g/mol. The van der Waals surface area contributed by atoms with E-state index in [1.165, 1.54) is 32.8 Å². The third kappa shape index (κ3) is 1.60. The molecular weight excluding hydrogens is 242 g/mol. The molecule has 0 atom stereocenters. The van der Waals surface area contributed by atoms with Gasteiger partial charge in [0.25, 0.3) is 0 Å². The van der Waals surface area contributed by atoms with Gasteiger partial charge in [-0.05, 0) is 35.4 Å². The van der Waals surface area contributed by atoms with E-state index in [0.717, 1.165) is 6.42 Å². The molecule has 0 bridgehead atoms. The maximum absolute atomic E-state index is 2.31. The molecule has 0 radical (unpaired) electrons. The molecule has 0 saturated carbocycles. The van der Waals surface area contributed by atoms with E-state index in [2.05, 4.69) is 78.2 Å². The Kier molecular flexibility index (Phi) is 2.46. The molecule has 0 aliphatic rings. The summed E-state index contributed by atoms with van der Waals surface area (Å²) in [5.41, 5.74) is 3.88. The molecule has 96 valence electrons. The Balaban J connectivity index is 2.21. The largest absolute Gasteiger partial charge is 0.219 e. The molecule has 4 rings (SSSR count). The van der Waals surface area contributed by atoms with Crippen molar-refractivity contribution in [1.29, 1.82) is 0 Å². The van der Waals surface area contributed by atoms with Crippen molar-refractivity contribution in [1.82, 2.24) is 0 Å². The van der Waals surface area contributed by atoms with Crippen molar-refractivity contribution in [2.75, 3.05) is 0 Å². The van der Waals surface area contributed by atoms with Crippen LogP contribution >= 0.6 is 0 Å². The molecule has 4 aromatic rings. The number of nitrogens with zero attached hydrogens (tertiary/aromatic N) is 1. The molecule has 0 aliphatic carbocycles. The first kappa shape index (κ1) is 11.4. The van der Waals surface area contributed by atoms with Gasteiger partial charge in [-0.25, -0.2) is 0 Å². The van der Waals surface area contributed by atoms with E-state index in [4.69, 9.17) is 0 Å². The van der Waals surface area contributed by atoms with Crippen molar-refractivity contribution in [3.05, 3.63) is 72.4 Å². The molecule has 0 N–H and O–H groups in total. The van der Waals surface area contributed by atoms with Crippen LogP contribution in [0.25, 0.3) is 27.2 Å². The summed E-state index contributed by atoms with van der Waals surface area (Å²) < 4.78 is 2.31. The highest BCUT2D eigenvalue weighted by Gasteiger charge is 2.11. The van der Waals surface area contributed by atoms with E-state index in [1.807, 2.05) is 0 Å². The average Bonchev–Trinajstić information content (AvgIpc) is 2.53. The molecule has 2 aromatic carbocycles. The van der Waals surface area contributed by atoms with Gasteiger partial charge >= 0.3 is 0 Å².